The van der Waals surface area contributed by atoms with Crippen molar-refractivity contribution in [2.75, 3.05) is 5.32 Å². The van der Waals surface area contributed by atoms with E-state index < -0.39 is 11.9 Å². The summed E-state index contributed by atoms with van der Waals surface area (Å²) in [6, 6.07) is 22.3. The molecule has 1 aromatic heterocycles. The maximum Gasteiger partial charge on any atom is 0.337 e. The van der Waals surface area contributed by atoms with Gasteiger partial charge in [0.2, 0.25) is 0 Å². The Morgan fingerprint density at radius 3 is 2.36 bits per heavy atom. The summed E-state index contributed by atoms with van der Waals surface area (Å²) in [5, 5.41) is 12.8. The molecule has 0 saturated carbocycles. The van der Waals surface area contributed by atoms with Crippen LogP contribution in [-0.4, -0.2) is 17.0 Å². The lowest BCUT2D eigenvalue weighted by atomic mass is 10.1. The van der Waals surface area contributed by atoms with E-state index in [2.05, 4.69) is 5.32 Å². The van der Waals surface area contributed by atoms with Crippen LogP contribution in [0.25, 0.3) is 11.0 Å². The molecule has 28 heavy (non-hydrogen) atoms. The molecule has 1 heterocycles. The zero-order valence-corrected chi connectivity index (χ0v) is 14.6. The number of ether oxygens (including phenoxy) is 1. The smallest absolute Gasteiger partial charge is 0.337 e. The summed E-state index contributed by atoms with van der Waals surface area (Å²) >= 11 is 0. The van der Waals surface area contributed by atoms with Crippen LogP contribution in [0.2, 0.25) is 0 Å². The third-order valence-corrected chi connectivity index (χ3v) is 4.10. The van der Waals surface area contributed by atoms with Crippen LogP contribution in [-0.2, 0) is 0 Å². The normalized spacial score (nSPS) is 10.6. The van der Waals surface area contributed by atoms with Crippen molar-refractivity contribution >= 4 is 28.5 Å². The number of carboxylic acids is 1. The molecule has 0 saturated heterocycles. The van der Waals surface area contributed by atoms with Gasteiger partial charge in [-0.15, -0.1) is 0 Å². The molecule has 0 radical (unpaired) electrons. The van der Waals surface area contributed by atoms with Crippen LogP contribution < -0.4 is 10.1 Å². The van der Waals surface area contributed by atoms with Gasteiger partial charge in [0.15, 0.2) is 5.76 Å². The summed E-state index contributed by atoms with van der Waals surface area (Å²) in [4.78, 5) is 24.1. The molecule has 6 nitrogen and oxygen atoms in total. The van der Waals surface area contributed by atoms with E-state index in [1.165, 1.54) is 18.2 Å². The van der Waals surface area contributed by atoms with Gasteiger partial charge in [-0.05, 0) is 36.4 Å². The summed E-state index contributed by atoms with van der Waals surface area (Å²) in [5.74, 6) is -0.620. The van der Waals surface area contributed by atoms with E-state index in [1.807, 2.05) is 30.3 Å². The highest BCUT2D eigenvalue weighted by Gasteiger charge is 2.17. The van der Waals surface area contributed by atoms with E-state index in [-0.39, 0.29) is 17.0 Å². The minimum Gasteiger partial charge on any atom is -0.478 e. The number of amides is 1. The molecule has 0 spiro atoms. The standard InChI is InChI=1S/C22H15NO5/c24-21(20-12-14-6-4-5-9-19(14)28-20)23-18-13-16(10-11-17(18)22(25)26)27-15-7-2-1-3-8-15/h1-13H,(H,23,24)(H,25,26). The summed E-state index contributed by atoms with van der Waals surface area (Å²) in [7, 11) is 0. The average molecular weight is 373 g/mol. The molecule has 1 amide bonds. The second-order valence-corrected chi connectivity index (χ2v) is 6.03. The van der Waals surface area contributed by atoms with E-state index in [9.17, 15) is 14.7 Å². The number of aromatic carboxylic acids is 1. The van der Waals surface area contributed by atoms with Crippen molar-refractivity contribution in [3.63, 3.8) is 0 Å². The van der Waals surface area contributed by atoms with Crippen molar-refractivity contribution < 1.29 is 23.8 Å². The van der Waals surface area contributed by atoms with E-state index in [0.717, 1.165) is 5.39 Å². The van der Waals surface area contributed by atoms with Gasteiger partial charge in [-0.1, -0.05) is 36.4 Å². The van der Waals surface area contributed by atoms with Gasteiger partial charge in [-0.25, -0.2) is 4.79 Å². The fourth-order valence-electron chi connectivity index (χ4n) is 2.78. The minimum absolute atomic E-state index is 0.0510. The van der Waals surface area contributed by atoms with E-state index in [1.54, 1.807) is 30.3 Å². The number of rotatable bonds is 5. The van der Waals surface area contributed by atoms with Gasteiger partial charge in [0, 0.05) is 11.5 Å². The van der Waals surface area contributed by atoms with Crippen LogP contribution in [0.4, 0.5) is 5.69 Å². The van der Waals surface area contributed by atoms with Crippen molar-refractivity contribution in [2.24, 2.45) is 0 Å². The molecule has 0 aliphatic heterocycles. The highest BCUT2D eigenvalue weighted by Crippen LogP contribution is 2.28. The Morgan fingerprint density at radius 1 is 0.857 bits per heavy atom. The van der Waals surface area contributed by atoms with Gasteiger partial charge < -0.3 is 19.6 Å². The number of carbonyl (C=O) groups excluding carboxylic acids is 1. The Labute approximate surface area is 160 Å². The minimum atomic E-state index is -1.16. The van der Waals surface area contributed by atoms with Crippen molar-refractivity contribution in [1.82, 2.24) is 0 Å². The van der Waals surface area contributed by atoms with Gasteiger partial charge in [0.25, 0.3) is 5.91 Å². The number of para-hydroxylation sites is 2. The zero-order chi connectivity index (χ0) is 19.5. The predicted octanol–water partition coefficient (Wildman–Crippen LogP) is 5.18. The maximum atomic E-state index is 12.6. The number of benzene rings is 3. The molecule has 6 heteroatoms. The maximum absolute atomic E-state index is 12.6. The molecule has 138 valence electrons. The first-order valence-electron chi connectivity index (χ1n) is 8.50. The molecule has 0 fully saturated rings. The quantitative estimate of drug-likeness (QED) is 0.503. The van der Waals surface area contributed by atoms with E-state index in [4.69, 9.17) is 9.15 Å². The fourth-order valence-corrected chi connectivity index (χ4v) is 2.78. The van der Waals surface area contributed by atoms with Crippen molar-refractivity contribution in [3.05, 3.63) is 90.2 Å². The lowest BCUT2D eigenvalue weighted by Crippen LogP contribution is -2.14. The van der Waals surface area contributed by atoms with Crippen LogP contribution in [0.3, 0.4) is 0 Å². The van der Waals surface area contributed by atoms with Gasteiger partial charge in [-0.2, -0.15) is 0 Å². The van der Waals surface area contributed by atoms with Gasteiger partial charge in [0.1, 0.15) is 17.1 Å². The predicted molar refractivity (Wildman–Crippen MR) is 104 cm³/mol. The van der Waals surface area contributed by atoms with Crippen LogP contribution in [0.5, 0.6) is 11.5 Å². The van der Waals surface area contributed by atoms with Gasteiger partial charge >= 0.3 is 5.97 Å². The molecular weight excluding hydrogens is 358 g/mol. The molecule has 4 rings (SSSR count). The molecule has 0 aliphatic carbocycles. The highest BCUT2D eigenvalue weighted by molar-refractivity contribution is 6.08. The zero-order valence-electron chi connectivity index (χ0n) is 14.6. The summed E-state index contributed by atoms with van der Waals surface area (Å²) < 4.78 is 11.3. The molecule has 2 N–H and O–H groups in total. The number of fused-ring (bicyclic) bond motifs is 1. The van der Waals surface area contributed by atoms with Gasteiger partial charge in [-0.3, -0.25) is 4.79 Å². The number of hydrogen-bond donors (Lipinski definition) is 2. The third-order valence-electron chi connectivity index (χ3n) is 4.10. The second kappa shape index (κ2) is 7.28. The highest BCUT2D eigenvalue weighted by atomic mass is 16.5. The summed E-state index contributed by atoms with van der Waals surface area (Å²) in [5.41, 5.74) is 0.642. The Hall–Kier alpha value is -4.06. The van der Waals surface area contributed by atoms with Crippen molar-refractivity contribution in [2.45, 2.75) is 0 Å². The molecule has 0 atom stereocenters. The first-order valence-corrected chi connectivity index (χ1v) is 8.50. The third kappa shape index (κ3) is 3.57. The molecular formula is C22H15NO5. The Balaban J connectivity index is 1.63. The summed E-state index contributed by atoms with van der Waals surface area (Å²) in [6.07, 6.45) is 0. The number of carboxylic acid groups (broad SMARTS) is 1. The number of carbonyl (C=O) groups is 2. The first kappa shape index (κ1) is 17.4. The van der Waals surface area contributed by atoms with Crippen LogP contribution in [0.15, 0.2) is 83.3 Å². The van der Waals surface area contributed by atoms with E-state index in [0.29, 0.717) is 17.1 Å². The largest absolute Gasteiger partial charge is 0.478 e. The van der Waals surface area contributed by atoms with Crippen LogP contribution >= 0.6 is 0 Å². The van der Waals surface area contributed by atoms with Crippen LogP contribution in [0.1, 0.15) is 20.9 Å². The Morgan fingerprint density at radius 2 is 1.61 bits per heavy atom. The Bertz CT molecular complexity index is 1130. The van der Waals surface area contributed by atoms with Crippen LogP contribution in [0, 0.1) is 0 Å². The first-order chi connectivity index (χ1) is 13.6. The Kier molecular flexibility index (Phi) is 4.51. The lowest BCUT2D eigenvalue weighted by molar-refractivity contribution is 0.0698. The molecule has 4 aromatic rings. The summed E-state index contributed by atoms with van der Waals surface area (Å²) in [6.45, 7) is 0. The molecule has 0 unspecified atom stereocenters. The molecule has 0 aliphatic rings. The van der Waals surface area contributed by atoms with Crippen molar-refractivity contribution in [1.29, 1.82) is 0 Å². The van der Waals surface area contributed by atoms with E-state index >= 15 is 0 Å². The number of anilines is 1. The number of furan rings is 1. The van der Waals surface area contributed by atoms with Crippen molar-refractivity contribution in [3.8, 4) is 11.5 Å². The number of nitrogens with one attached hydrogen (secondary N) is 1. The lowest BCUT2D eigenvalue weighted by Gasteiger charge is -2.11. The number of hydrogen-bond acceptors (Lipinski definition) is 4. The fraction of sp³-hybridized carbons (Fsp3) is 0. The molecule has 0 bridgehead atoms. The monoisotopic (exact) mass is 373 g/mol. The SMILES string of the molecule is O=C(Nc1cc(Oc2ccccc2)ccc1C(=O)O)c1cc2ccccc2o1. The molecule has 3 aromatic carbocycles. The average Bonchev–Trinajstić information content (AvgIpc) is 3.13. The topological polar surface area (TPSA) is 88.8 Å². The van der Waals surface area contributed by atoms with Gasteiger partial charge in [0.05, 0.1) is 11.3 Å². The second-order valence-electron chi connectivity index (χ2n) is 6.03.